The van der Waals surface area contributed by atoms with Crippen LogP contribution in [0.2, 0.25) is 0 Å². The number of carboxylic acids is 1. The molecule has 6 N–H and O–H groups in total. The molecule has 2 amide bonds. The van der Waals surface area contributed by atoms with Crippen molar-refractivity contribution in [3.05, 3.63) is 0 Å². The molecular formula is C10H18N4O6S2. The second kappa shape index (κ2) is 11.1. The van der Waals surface area contributed by atoms with Crippen LogP contribution in [0.3, 0.4) is 0 Å². The zero-order valence-electron chi connectivity index (χ0n) is 11.4. The van der Waals surface area contributed by atoms with Crippen LogP contribution in [0.25, 0.3) is 0 Å². The van der Waals surface area contributed by atoms with Crippen molar-refractivity contribution in [1.82, 2.24) is 16.1 Å². The van der Waals surface area contributed by atoms with Crippen LogP contribution in [0.15, 0.2) is 0 Å². The summed E-state index contributed by atoms with van der Waals surface area (Å²) in [6.45, 7) is -1.03. The van der Waals surface area contributed by atoms with Gasteiger partial charge >= 0.3 is 11.9 Å². The summed E-state index contributed by atoms with van der Waals surface area (Å²) < 4.78 is 0. The van der Waals surface area contributed by atoms with E-state index in [-0.39, 0.29) is 11.5 Å². The molecule has 126 valence electrons. The first-order valence-corrected chi connectivity index (χ1v) is 7.28. The number of thiol groups is 2. The van der Waals surface area contributed by atoms with E-state index in [1.807, 2.05) is 0 Å². The van der Waals surface area contributed by atoms with E-state index in [1.165, 1.54) is 0 Å². The predicted octanol–water partition coefficient (Wildman–Crippen LogP) is -3.09. The van der Waals surface area contributed by atoms with Crippen molar-refractivity contribution in [2.24, 2.45) is 5.73 Å². The second-order valence-corrected chi connectivity index (χ2v) is 4.68. The van der Waals surface area contributed by atoms with Crippen LogP contribution >= 0.6 is 25.3 Å². The van der Waals surface area contributed by atoms with Gasteiger partial charge in [0.05, 0.1) is 6.04 Å². The largest absolute Gasteiger partial charge is 0.480 e. The molecule has 0 aromatic heterocycles. The standard InChI is InChI=1S/C10H18N4O6S2/c11-5(3-21)9(18)13-2-8(17)20-14-6(4-22)10(19)12-1-7(15)16/h5-6,14,21-22H,1-4,11H2,(H,12,19)(H,13,18)(H,15,16)/t5-,6-/m0/s1. The molecule has 22 heavy (non-hydrogen) atoms. The van der Waals surface area contributed by atoms with E-state index < -0.39 is 48.9 Å². The number of nitrogens with two attached hydrogens (primary N) is 1. The van der Waals surface area contributed by atoms with Gasteiger partial charge in [-0.15, -0.1) is 5.48 Å². The highest BCUT2D eigenvalue weighted by atomic mass is 32.1. The molecule has 0 aliphatic heterocycles. The van der Waals surface area contributed by atoms with Gasteiger partial charge in [-0.1, -0.05) is 0 Å². The molecule has 0 heterocycles. The summed E-state index contributed by atoms with van der Waals surface area (Å²) in [5.41, 5.74) is 7.51. The van der Waals surface area contributed by atoms with Gasteiger partial charge in [0.25, 0.3) is 0 Å². The Kier molecular flexibility index (Phi) is 10.4. The fourth-order valence-electron chi connectivity index (χ4n) is 1.01. The van der Waals surface area contributed by atoms with Gasteiger partial charge < -0.3 is 26.3 Å². The van der Waals surface area contributed by atoms with Crippen LogP contribution in [-0.4, -0.2) is 65.5 Å². The first-order valence-electron chi connectivity index (χ1n) is 6.01. The van der Waals surface area contributed by atoms with E-state index >= 15 is 0 Å². The highest BCUT2D eigenvalue weighted by Gasteiger charge is 2.19. The Morgan fingerprint density at radius 3 is 2.14 bits per heavy atom. The average Bonchev–Trinajstić information content (AvgIpc) is 2.49. The van der Waals surface area contributed by atoms with Crippen molar-refractivity contribution in [2.75, 3.05) is 24.6 Å². The summed E-state index contributed by atoms with van der Waals surface area (Å²) in [4.78, 5) is 49.0. The Morgan fingerprint density at radius 1 is 1.05 bits per heavy atom. The Morgan fingerprint density at radius 2 is 1.64 bits per heavy atom. The van der Waals surface area contributed by atoms with Gasteiger partial charge in [-0.3, -0.25) is 14.4 Å². The third kappa shape index (κ3) is 8.71. The van der Waals surface area contributed by atoms with Crippen LogP contribution in [0.1, 0.15) is 0 Å². The zero-order chi connectivity index (χ0) is 17.1. The number of carbonyl (C=O) groups excluding carboxylic acids is 3. The Bertz CT molecular complexity index is 422. The van der Waals surface area contributed by atoms with Crippen LogP contribution in [0.5, 0.6) is 0 Å². The molecule has 0 saturated carbocycles. The van der Waals surface area contributed by atoms with Crippen LogP contribution < -0.4 is 21.8 Å². The fraction of sp³-hybridized carbons (Fsp3) is 0.600. The second-order valence-electron chi connectivity index (χ2n) is 3.95. The molecule has 0 spiro atoms. The van der Waals surface area contributed by atoms with E-state index in [0.29, 0.717) is 0 Å². The van der Waals surface area contributed by atoms with E-state index in [9.17, 15) is 19.2 Å². The number of hydrogen-bond acceptors (Lipinski definition) is 9. The summed E-state index contributed by atoms with van der Waals surface area (Å²) in [5, 5.41) is 12.7. The number of carbonyl (C=O) groups is 4. The fourth-order valence-corrected chi connectivity index (χ4v) is 1.41. The minimum Gasteiger partial charge on any atom is -0.480 e. The van der Waals surface area contributed by atoms with Crippen molar-refractivity contribution in [3.8, 4) is 0 Å². The van der Waals surface area contributed by atoms with Gasteiger partial charge in [0.2, 0.25) is 11.8 Å². The lowest BCUT2D eigenvalue weighted by Crippen LogP contribution is -2.49. The number of aliphatic carboxylic acids is 1. The van der Waals surface area contributed by atoms with Crippen LogP contribution in [-0.2, 0) is 24.0 Å². The van der Waals surface area contributed by atoms with Gasteiger partial charge in [-0.2, -0.15) is 25.3 Å². The molecule has 0 rings (SSSR count). The van der Waals surface area contributed by atoms with Crippen LogP contribution in [0.4, 0.5) is 0 Å². The normalized spacial score (nSPS) is 12.9. The van der Waals surface area contributed by atoms with Gasteiger partial charge in [0.1, 0.15) is 19.1 Å². The summed E-state index contributed by atoms with van der Waals surface area (Å²) in [7, 11) is 0. The number of amides is 2. The lowest BCUT2D eigenvalue weighted by atomic mass is 10.3. The van der Waals surface area contributed by atoms with E-state index in [2.05, 4.69) is 46.2 Å². The Labute approximate surface area is 137 Å². The number of rotatable bonds is 10. The maximum atomic E-state index is 11.5. The van der Waals surface area contributed by atoms with E-state index in [4.69, 9.17) is 10.8 Å². The predicted molar refractivity (Wildman–Crippen MR) is 82.4 cm³/mol. The van der Waals surface area contributed by atoms with Crippen molar-refractivity contribution >= 4 is 49.0 Å². The lowest BCUT2D eigenvalue weighted by Gasteiger charge is -2.15. The highest BCUT2D eigenvalue weighted by Crippen LogP contribution is 1.90. The van der Waals surface area contributed by atoms with Crippen LogP contribution in [0, 0.1) is 0 Å². The third-order valence-corrected chi connectivity index (χ3v) is 2.93. The van der Waals surface area contributed by atoms with E-state index in [1.54, 1.807) is 0 Å². The molecule has 0 aromatic carbocycles. The molecule has 12 heteroatoms. The summed E-state index contributed by atoms with van der Waals surface area (Å²) in [5.74, 6) is -3.28. The molecule has 0 radical (unpaired) electrons. The third-order valence-electron chi connectivity index (χ3n) is 2.17. The molecule has 0 aliphatic rings. The quantitative estimate of drug-likeness (QED) is 0.160. The molecule has 0 saturated heterocycles. The van der Waals surface area contributed by atoms with Crippen molar-refractivity contribution in [3.63, 3.8) is 0 Å². The number of nitrogens with one attached hydrogen (secondary N) is 3. The monoisotopic (exact) mass is 354 g/mol. The summed E-state index contributed by atoms with van der Waals surface area (Å²) in [6, 6.07) is -1.89. The Balaban J connectivity index is 4.11. The molecular weight excluding hydrogens is 336 g/mol. The van der Waals surface area contributed by atoms with E-state index in [0.717, 1.165) is 0 Å². The molecule has 0 fully saturated rings. The number of carboxylic acid groups (broad SMARTS) is 1. The topological polar surface area (TPSA) is 160 Å². The zero-order valence-corrected chi connectivity index (χ0v) is 13.2. The maximum Gasteiger partial charge on any atom is 0.344 e. The first-order chi connectivity index (χ1) is 10.3. The minimum atomic E-state index is -1.22. The molecule has 2 atom stereocenters. The van der Waals surface area contributed by atoms with Gasteiger partial charge in [0, 0.05) is 11.5 Å². The Hall–Kier alpha value is -1.50. The van der Waals surface area contributed by atoms with Gasteiger partial charge in [-0.25, -0.2) is 4.79 Å². The van der Waals surface area contributed by atoms with Crippen molar-refractivity contribution < 1.29 is 29.1 Å². The maximum absolute atomic E-state index is 11.5. The summed E-state index contributed by atoms with van der Waals surface area (Å²) >= 11 is 7.70. The highest BCUT2D eigenvalue weighted by molar-refractivity contribution is 7.80. The summed E-state index contributed by atoms with van der Waals surface area (Å²) in [6.07, 6.45) is 0. The lowest BCUT2D eigenvalue weighted by molar-refractivity contribution is -0.154. The number of hydrogen-bond donors (Lipinski definition) is 7. The smallest absolute Gasteiger partial charge is 0.344 e. The molecule has 0 unspecified atom stereocenters. The van der Waals surface area contributed by atoms with Gasteiger partial charge in [0.15, 0.2) is 0 Å². The van der Waals surface area contributed by atoms with Gasteiger partial charge in [-0.05, 0) is 0 Å². The minimum absolute atomic E-state index is 0.0460. The SMILES string of the molecule is N[C@@H](CS)C(=O)NCC(=O)ON[C@@H](CS)C(=O)NCC(=O)O. The first kappa shape index (κ1) is 20.5. The molecule has 0 aliphatic carbocycles. The molecule has 10 nitrogen and oxygen atoms in total. The van der Waals surface area contributed by atoms with Crippen molar-refractivity contribution in [2.45, 2.75) is 12.1 Å². The molecule has 0 aromatic rings. The molecule has 0 bridgehead atoms. The average molecular weight is 354 g/mol. The van der Waals surface area contributed by atoms with Crippen molar-refractivity contribution in [1.29, 1.82) is 0 Å². The number of hydroxylamine groups is 1.